The Morgan fingerprint density at radius 1 is 1.05 bits per heavy atom. The Balaban J connectivity index is 0.000000235. The van der Waals surface area contributed by atoms with Gasteiger partial charge in [0.05, 0.1) is 5.56 Å². The van der Waals surface area contributed by atoms with Gasteiger partial charge in [0.15, 0.2) is 0 Å². The van der Waals surface area contributed by atoms with Gasteiger partial charge in [-0.2, -0.15) is 0 Å². The van der Waals surface area contributed by atoms with Crippen molar-refractivity contribution in [3.8, 4) is 0 Å². The molecule has 0 spiro atoms. The van der Waals surface area contributed by atoms with Crippen LogP contribution in [0.1, 0.15) is 20.7 Å². The van der Waals surface area contributed by atoms with E-state index < -0.39 is 24.5 Å². The van der Waals surface area contributed by atoms with E-state index in [1.807, 2.05) is 6.07 Å². The molecule has 0 unspecified atom stereocenters. The number of amides is 1. The summed E-state index contributed by atoms with van der Waals surface area (Å²) in [7, 11) is -1.79. The van der Waals surface area contributed by atoms with E-state index in [1.165, 1.54) is 0 Å². The number of carbonyl (C=O) groups is 2. The van der Waals surface area contributed by atoms with E-state index in [9.17, 15) is 14.0 Å². The fourth-order valence-corrected chi connectivity index (χ4v) is 1.47. The van der Waals surface area contributed by atoms with Gasteiger partial charge in [0, 0.05) is 5.56 Å². The average Bonchev–Trinajstić information content (AvgIpc) is 2.48. The second kappa shape index (κ2) is 7.91. The van der Waals surface area contributed by atoms with E-state index in [2.05, 4.69) is 0 Å². The molecule has 0 fully saturated rings. The van der Waals surface area contributed by atoms with Crippen molar-refractivity contribution >= 4 is 24.5 Å². The Morgan fingerprint density at radius 3 is 2.00 bits per heavy atom. The van der Waals surface area contributed by atoms with Crippen LogP contribution < -0.4 is 11.2 Å². The lowest BCUT2D eigenvalue weighted by molar-refractivity contribution is 0.0691. The van der Waals surface area contributed by atoms with Gasteiger partial charge in [-0.15, -0.1) is 0 Å². The molecule has 0 saturated heterocycles. The van der Waals surface area contributed by atoms with Crippen LogP contribution in [0.5, 0.6) is 0 Å². The molecule has 8 heteroatoms. The molecule has 22 heavy (non-hydrogen) atoms. The number of aromatic carboxylic acids is 1. The van der Waals surface area contributed by atoms with Crippen molar-refractivity contribution in [1.29, 1.82) is 0 Å². The van der Waals surface area contributed by atoms with E-state index in [1.54, 1.807) is 24.3 Å². The Morgan fingerprint density at radius 2 is 1.64 bits per heavy atom. The summed E-state index contributed by atoms with van der Waals surface area (Å²) in [6.45, 7) is 0. The number of rotatable bonds is 3. The van der Waals surface area contributed by atoms with Gasteiger partial charge in [-0.3, -0.25) is 4.79 Å². The van der Waals surface area contributed by atoms with Crippen molar-refractivity contribution in [2.24, 2.45) is 5.73 Å². The zero-order chi connectivity index (χ0) is 16.7. The summed E-state index contributed by atoms with van der Waals surface area (Å²) in [6, 6.07) is 11.6. The zero-order valence-corrected chi connectivity index (χ0v) is 11.3. The van der Waals surface area contributed by atoms with Gasteiger partial charge in [-0.1, -0.05) is 24.3 Å². The summed E-state index contributed by atoms with van der Waals surface area (Å²) < 4.78 is 12.9. The molecule has 0 radical (unpaired) electrons. The highest BCUT2D eigenvalue weighted by molar-refractivity contribution is 6.58. The highest BCUT2D eigenvalue weighted by Crippen LogP contribution is 2.04. The molecule has 0 aliphatic carbocycles. The number of nitrogens with two attached hydrogens (primary N) is 1. The molecule has 0 atom stereocenters. The Labute approximate surface area is 125 Å². The molecule has 1 amide bonds. The monoisotopic (exact) mass is 305 g/mol. The molecule has 0 bridgehead atoms. The van der Waals surface area contributed by atoms with E-state index in [0.717, 1.165) is 18.2 Å². The maximum atomic E-state index is 12.9. The molecule has 6 nitrogen and oxygen atoms in total. The lowest BCUT2D eigenvalue weighted by atomic mass is 9.80. The van der Waals surface area contributed by atoms with Gasteiger partial charge in [-0.25, -0.2) is 9.18 Å². The van der Waals surface area contributed by atoms with E-state index in [0.29, 0.717) is 5.56 Å². The summed E-state index contributed by atoms with van der Waals surface area (Å²) in [5.41, 5.74) is 4.95. The summed E-state index contributed by atoms with van der Waals surface area (Å²) >= 11 is 0. The minimum Gasteiger partial charge on any atom is -0.478 e. The predicted molar refractivity (Wildman–Crippen MR) is 78.1 cm³/mol. The third-order valence-corrected chi connectivity index (χ3v) is 2.58. The van der Waals surface area contributed by atoms with Crippen LogP contribution in [0.25, 0.3) is 0 Å². The number of carboxylic acids is 1. The molecule has 2 aromatic carbocycles. The Kier molecular flexibility index (Phi) is 6.24. The van der Waals surface area contributed by atoms with Crippen LogP contribution in [0.4, 0.5) is 4.39 Å². The highest BCUT2D eigenvalue weighted by atomic mass is 19.1. The SMILES string of the molecule is NC(=O)c1ccccc1.O=C(O)c1ccc(B(O)O)cc1F. The first kappa shape index (κ1) is 17.3. The maximum absolute atomic E-state index is 12.9. The largest absolute Gasteiger partial charge is 0.488 e. The molecule has 114 valence electrons. The summed E-state index contributed by atoms with van der Waals surface area (Å²) in [6.07, 6.45) is 0. The second-order valence-electron chi connectivity index (χ2n) is 4.15. The topological polar surface area (TPSA) is 121 Å². The van der Waals surface area contributed by atoms with Crippen molar-refractivity contribution in [3.05, 3.63) is 65.5 Å². The maximum Gasteiger partial charge on any atom is 0.488 e. The van der Waals surface area contributed by atoms with E-state index in [4.69, 9.17) is 20.9 Å². The first-order valence-electron chi connectivity index (χ1n) is 6.06. The van der Waals surface area contributed by atoms with Gasteiger partial charge in [0.1, 0.15) is 5.82 Å². The molecule has 0 heterocycles. The average molecular weight is 305 g/mol. The standard InChI is InChI=1S/C7H6BFO4.C7H7NO/c9-6-3-4(8(12)13)1-2-5(6)7(10)11;8-7(9)6-4-2-1-3-5-6/h1-3,12-13H,(H,10,11);1-5H,(H2,8,9). The summed E-state index contributed by atoms with van der Waals surface area (Å²) in [4.78, 5) is 20.8. The number of hydrogen-bond acceptors (Lipinski definition) is 4. The van der Waals surface area contributed by atoms with Crippen LogP contribution in [-0.2, 0) is 0 Å². The summed E-state index contributed by atoms with van der Waals surface area (Å²) in [5, 5.41) is 25.7. The molecule has 5 N–H and O–H groups in total. The number of primary amides is 1. The van der Waals surface area contributed by atoms with E-state index in [-0.39, 0.29) is 11.4 Å². The van der Waals surface area contributed by atoms with Crippen LogP contribution in [0.3, 0.4) is 0 Å². The number of carbonyl (C=O) groups excluding carboxylic acids is 1. The van der Waals surface area contributed by atoms with Gasteiger partial charge in [0.25, 0.3) is 0 Å². The predicted octanol–water partition coefficient (Wildman–Crippen LogP) is -0.0108. The fraction of sp³-hybridized carbons (Fsp3) is 0. The number of hydrogen-bond donors (Lipinski definition) is 4. The quantitative estimate of drug-likeness (QED) is 0.594. The minimum absolute atomic E-state index is 0.0810. The van der Waals surface area contributed by atoms with Gasteiger partial charge >= 0.3 is 13.1 Å². The molecular weight excluding hydrogens is 292 g/mol. The Bertz CT molecular complexity index is 664. The van der Waals surface area contributed by atoms with Crippen molar-refractivity contribution in [2.75, 3.05) is 0 Å². The molecular formula is C14H13BFNO5. The van der Waals surface area contributed by atoms with Crippen LogP contribution >= 0.6 is 0 Å². The molecule has 0 aliphatic heterocycles. The Hall–Kier alpha value is -2.71. The van der Waals surface area contributed by atoms with Crippen LogP contribution in [0, 0.1) is 5.82 Å². The smallest absolute Gasteiger partial charge is 0.478 e. The van der Waals surface area contributed by atoms with Crippen molar-refractivity contribution in [3.63, 3.8) is 0 Å². The number of benzene rings is 2. The number of halogens is 1. The summed E-state index contributed by atoms with van der Waals surface area (Å²) in [5.74, 6) is -2.76. The first-order chi connectivity index (χ1) is 10.3. The third-order valence-electron chi connectivity index (χ3n) is 2.58. The van der Waals surface area contributed by atoms with Crippen LogP contribution in [0.2, 0.25) is 0 Å². The molecule has 2 rings (SSSR count). The van der Waals surface area contributed by atoms with Crippen molar-refractivity contribution in [2.45, 2.75) is 0 Å². The number of carboxylic acid groups (broad SMARTS) is 1. The molecule has 0 aromatic heterocycles. The van der Waals surface area contributed by atoms with Crippen LogP contribution in [0.15, 0.2) is 48.5 Å². The van der Waals surface area contributed by atoms with Gasteiger partial charge in [0.2, 0.25) is 5.91 Å². The lowest BCUT2D eigenvalue weighted by Gasteiger charge is -2.01. The van der Waals surface area contributed by atoms with Crippen LogP contribution in [-0.4, -0.2) is 34.1 Å². The second-order valence-corrected chi connectivity index (χ2v) is 4.15. The first-order valence-corrected chi connectivity index (χ1v) is 6.06. The lowest BCUT2D eigenvalue weighted by Crippen LogP contribution is -2.30. The molecule has 2 aromatic rings. The highest BCUT2D eigenvalue weighted by Gasteiger charge is 2.16. The third kappa shape index (κ3) is 5.00. The van der Waals surface area contributed by atoms with Crippen molar-refractivity contribution in [1.82, 2.24) is 0 Å². The van der Waals surface area contributed by atoms with Crippen molar-refractivity contribution < 1.29 is 29.1 Å². The van der Waals surface area contributed by atoms with Gasteiger partial charge < -0.3 is 20.9 Å². The fourth-order valence-electron chi connectivity index (χ4n) is 1.47. The zero-order valence-electron chi connectivity index (χ0n) is 11.3. The molecule has 0 saturated carbocycles. The van der Waals surface area contributed by atoms with E-state index >= 15 is 0 Å². The normalized spacial score (nSPS) is 9.41. The minimum atomic E-state index is -1.79. The van der Waals surface area contributed by atoms with Gasteiger partial charge in [-0.05, 0) is 29.7 Å². The molecule has 0 aliphatic rings.